The number of benzene rings is 1. The molecule has 0 aliphatic heterocycles. The number of aromatic amines is 1. The predicted molar refractivity (Wildman–Crippen MR) is 105 cm³/mol. The zero-order chi connectivity index (χ0) is 18.5. The molecule has 2 heterocycles. The molecule has 0 aliphatic carbocycles. The molecule has 138 valence electrons. The number of halogens is 1. The second kappa shape index (κ2) is 8.08. The fourth-order valence-corrected chi connectivity index (χ4v) is 3.09. The van der Waals surface area contributed by atoms with Crippen LogP contribution in [0.4, 0.5) is 4.39 Å². The van der Waals surface area contributed by atoms with Crippen LogP contribution in [0.3, 0.4) is 0 Å². The van der Waals surface area contributed by atoms with Gasteiger partial charge in [-0.1, -0.05) is 0 Å². The molecule has 3 aromatic rings. The average Bonchev–Trinajstić information content (AvgIpc) is 3.20. The number of nitrogens with zero attached hydrogens (tertiary/aromatic N) is 3. The third-order valence-electron chi connectivity index (χ3n) is 4.52. The quantitative estimate of drug-likeness (QED) is 0.527. The molecule has 26 heavy (non-hydrogen) atoms. The van der Waals surface area contributed by atoms with Crippen LogP contribution >= 0.6 is 0 Å². The van der Waals surface area contributed by atoms with E-state index < -0.39 is 0 Å². The first kappa shape index (κ1) is 18.0. The van der Waals surface area contributed by atoms with Crippen LogP contribution in [0.2, 0.25) is 0 Å². The van der Waals surface area contributed by atoms with E-state index in [1.54, 1.807) is 12.1 Å². The lowest BCUT2D eigenvalue weighted by atomic mass is 10.1. The Morgan fingerprint density at radius 3 is 2.92 bits per heavy atom. The van der Waals surface area contributed by atoms with Crippen LogP contribution < -0.4 is 5.32 Å². The molecule has 0 spiro atoms. The molecule has 5 nitrogen and oxygen atoms in total. The van der Waals surface area contributed by atoms with Crippen molar-refractivity contribution in [3.63, 3.8) is 0 Å². The van der Waals surface area contributed by atoms with Crippen LogP contribution in [0, 0.1) is 5.82 Å². The summed E-state index contributed by atoms with van der Waals surface area (Å²) < 4.78 is 15.6. The van der Waals surface area contributed by atoms with Gasteiger partial charge < -0.3 is 19.8 Å². The van der Waals surface area contributed by atoms with E-state index in [4.69, 9.17) is 4.99 Å². The standard InChI is InChI=1S/C20H26FN5/c1-4-22-20(26(3)14-17-6-5-11-25(17)2)23-10-9-15-13-24-19-8-7-16(21)12-18(15)19/h5-8,11-13,24H,4,9-10,14H2,1-3H3,(H,22,23). The molecule has 0 aliphatic rings. The smallest absolute Gasteiger partial charge is 0.194 e. The number of aromatic nitrogens is 2. The molecule has 0 saturated carbocycles. The summed E-state index contributed by atoms with van der Waals surface area (Å²) in [6.45, 7) is 4.31. The molecular weight excluding hydrogens is 329 g/mol. The Kier molecular flexibility index (Phi) is 5.61. The van der Waals surface area contributed by atoms with Crippen molar-refractivity contribution in [2.75, 3.05) is 20.1 Å². The summed E-state index contributed by atoms with van der Waals surface area (Å²) in [6.07, 6.45) is 4.75. The molecule has 0 radical (unpaired) electrons. The van der Waals surface area contributed by atoms with E-state index in [0.29, 0.717) is 6.54 Å². The first-order chi connectivity index (χ1) is 12.6. The second-order valence-corrected chi connectivity index (χ2v) is 6.46. The van der Waals surface area contributed by atoms with Crippen molar-refractivity contribution < 1.29 is 4.39 Å². The van der Waals surface area contributed by atoms with Gasteiger partial charge in [0.25, 0.3) is 0 Å². The maximum atomic E-state index is 13.5. The summed E-state index contributed by atoms with van der Waals surface area (Å²) in [5.41, 5.74) is 3.27. The highest BCUT2D eigenvalue weighted by Crippen LogP contribution is 2.19. The number of guanidine groups is 1. The van der Waals surface area contributed by atoms with Gasteiger partial charge >= 0.3 is 0 Å². The highest BCUT2D eigenvalue weighted by Gasteiger charge is 2.09. The molecule has 1 aromatic carbocycles. The molecule has 0 atom stereocenters. The lowest BCUT2D eigenvalue weighted by Gasteiger charge is -2.22. The lowest BCUT2D eigenvalue weighted by molar-refractivity contribution is 0.462. The third kappa shape index (κ3) is 4.07. The van der Waals surface area contributed by atoms with Gasteiger partial charge in [-0.05, 0) is 49.2 Å². The Hall–Kier alpha value is -2.76. The van der Waals surface area contributed by atoms with Crippen molar-refractivity contribution in [1.29, 1.82) is 0 Å². The predicted octanol–water partition coefficient (Wildman–Crippen LogP) is 3.29. The minimum Gasteiger partial charge on any atom is -0.361 e. The molecule has 3 rings (SSSR count). The highest BCUT2D eigenvalue weighted by atomic mass is 19.1. The number of hydrogen-bond donors (Lipinski definition) is 2. The van der Waals surface area contributed by atoms with Crippen molar-refractivity contribution in [2.45, 2.75) is 19.9 Å². The zero-order valence-electron chi connectivity index (χ0n) is 15.6. The number of hydrogen-bond acceptors (Lipinski definition) is 1. The largest absolute Gasteiger partial charge is 0.361 e. The van der Waals surface area contributed by atoms with Gasteiger partial charge in [0.1, 0.15) is 5.82 Å². The zero-order valence-corrected chi connectivity index (χ0v) is 15.6. The molecule has 2 N–H and O–H groups in total. The normalized spacial score (nSPS) is 11.9. The minimum absolute atomic E-state index is 0.211. The van der Waals surface area contributed by atoms with Crippen LogP contribution in [-0.2, 0) is 20.0 Å². The van der Waals surface area contributed by atoms with E-state index in [9.17, 15) is 4.39 Å². The highest BCUT2D eigenvalue weighted by molar-refractivity contribution is 5.83. The molecule has 0 unspecified atom stereocenters. The summed E-state index contributed by atoms with van der Waals surface area (Å²) in [4.78, 5) is 10.1. The summed E-state index contributed by atoms with van der Waals surface area (Å²) >= 11 is 0. The van der Waals surface area contributed by atoms with E-state index in [0.717, 1.165) is 41.9 Å². The summed E-state index contributed by atoms with van der Waals surface area (Å²) in [5.74, 6) is 0.664. The van der Waals surface area contributed by atoms with Crippen molar-refractivity contribution in [1.82, 2.24) is 19.8 Å². The summed E-state index contributed by atoms with van der Waals surface area (Å²) in [6, 6.07) is 8.99. The van der Waals surface area contributed by atoms with Gasteiger partial charge in [0.05, 0.1) is 6.54 Å². The van der Waals surface area contributed by atoms with Gasteiger partial charge in [0.2, 0.25) is 0 Å². The second-order valence-electron chi connectivity index (χ2n) is 6.46. The van der Waals surface area contributed by atoms with E-state index in [-0.39, 0.29) is 5.82 Å². The molecule has 6 heteroatoms. The first-order valence-corrected chi connectivity index (χ1v) is 8.93. The van der Waals surface area contributed by atoms with Gasteiger partial charge in [0, 0.05) is 56.2 Å². The van der Waals surface area contributed by atoms with Gasteiger partial charge in [-0.15, -0.1) is 0 Å². The van der Waals surface area contributed by atoms with Crippen molar-refractivity contribution in [3.8, 4) is 0 Å². The Morgan fingerprint density at radius 2 is 2.19 bits per heavy atom. The van der Waals surface area contributed by atoms with E-state index >= 15 is 0 Å². The van der Waals surface area contributed by atoms with E-state index in [2.05, 4.69) is 32.8 Å². The van der Waals surface area contributed by atoms with Crippen LogP contribution in [-0.4, -0.2) is 40.5 Å². The lowest BCUT2D eigenvalue weighted by Crippen LogP contribution is -2.39. The SMILES string of the molecule is CCNC(=NCCc1c[nH]c2ccc(F)cc12)N(C)Cc1cccn1C. The number of aryl methyl sites for hydroxylation is 1. The molecule has 0 saturated heterocycles. The number of rotatable bonds is 6. The Labute approximate surface area is 153 Å². The third-order valence-corrected chi connectivity index (χ3v) is 4.52. The van der Waals surface area contributed by atoms with Crippen LogP contribution in [0.1, 0.15) is 18.2 Å². The monoisotopic (exact) mass is 355 g/mol. The molecule has 0 fully saturated rings. The fraction of sp³-hybridized carbons (Fsp3) is 0.350. The van der Waals surface area contributed by atoms with Crippen LogP contribution in [0.25, 0.3) is 10.9 Å². The van der Waals surface area contributed by atoms with Crippen molar-refractivity contribution >= 4 is 16.9 Å². The average molecular weight is 355 g/mol. The van der Waals surface area contributed by atoms with Gasteiger partial charge in [-0.25, -0.2) is 4.39 Å². The van der Waals surface area contributed by atoms with Crippen LogP contribution in [0.5, 0.6) is 0 Å². The Balaban J connectivity index is 1.68. The summed E-state index contributed by atoms with van der Waals surface area (Å²) in [7, 11) is 4.08. The maximum absolute atomic E-state index is 13.5. The Morgan fingerprint density at radius 1 is 1.35 bits per heavy atom. The number of H-pyrrole nitrogens is 1. The Bertz CT molecular complexity index is 893. The minimum atomic E-state index is -0.211. The van der Waals surface area contributed by atoms with Crippen molar-refractivity contribution in [2.24, 2.45) is 12.0 Å². The van der Waals surface area contributed by atoms with Crippen molar-refractivity contribution in [3.05, 3.63) is 59.8 Å². The molecular formula is C20H26FN5. The van der Waals surface area contributed by atoms with Gasteiger partial charge in [0.15, 0.2) is 5.96 Å². The van der Waals surface area contributed by atoms with Gasteiger partial charge in [-0.3, -0.25) is 4.99 Å². The number of aliphatic imine (C=N–C) groups is 1. The van der Waals surface area contributed by atoms with E-state index in [1.165, 1.54) is 11.8 Å². The molecule has 0 amide bonds. The maximum Gasteiger partial charge on any atom is 0.194 e. The first-order valence-electron chi connectivity index (χ1n) is 8.93. The topological polar surface area (TPSA) is 48.4 Å². The number of nitrogens with one attached hydrogen (secondary N) is 2. The number of fused-ring (bicyclic) bond motifs is 1. The summed E-state index contributed by atoms with van der Waals surface area (Å²) in [5, 5.41) is 4.27. The fourth-order valence-electron chi connectivity index (χ4n) is 3.09. The molecule has 2 aromatic heterocycles. The molecule has 0 bridgehead atoms. The van der Waals surface area contributed by atoms with Gasteiger partial charge in [-0.2, -0.15) is 0 Å². The van der Waals surface area contributed by atoms with Crippen LogP contribution in [0.15, 0.2) is 47.7 Å². The van der Waals surface area contributed by atoms with E-state index in [1.807, 2.05) is 32.6 Å².